The predicted molar refractivity (Wildman–Crippen MR) is 73.0 cm³/mol. The minimum Gasteiger partial charge on any atom is -0.381 e. The normalized spacial score (nSPS) is 18.6. The lowest BCUT2D eigenvalue weighted by molar-refractivity contribution is 0.619. The van der Waals surface area contributed by atoms with E-state index >= 15 is 0 Å². The van der Waals surface area contributed by atoms with Crippen LogP contribution >= 0.6 is 27.7 Å². The third-order valence-electron chi connectivity index (χ3n) is 2.63. The Morgan fingerprint density at radius 2 is 2.31 bits per heavy atom. The standard InChI is InChI=1S/C11H14BrFN2S/c1-16-3-2-7-6-14-10-4-8(12)9(13)5-11(10)15-7/h4-5,7,14-15H,2-3,6H2,1H3. The number of benzene rings is 1. The second-order valence-corrected chi connectivity index (χ2v) is 5.66. The highest BCUT2D eigenvalue weighted by molar-refractivity contribution is 9.10. The number of hydrogen-bond donors (Lipinski definition) is 2. The van der Waals surface area contributed by atoms with Gasteiger partial charge in [-0.1, -0.05) is 0 Å². The summed E-state index contributed by atoms with van der Waals surface area (Å²) in [4.78, 5) is 0. The Labute approximate surface area is 108 Å². The zero-order valence-corrected chi connectivity index (χ0v) is 11.4. The molecule has 0 aliphatic carbocycles. The number of fused-ring (bicyclic) bond motifs is 1. The van der Waals surface area contributed by atoms with Gasteiger partial charge >= 0.3 is 0 Å². The van der Waals surface area contributed by atoms with Gasteiger partial charge < -0.3 is 10.6 Å². The van der Waals surface area contributed by atoms with E-state index in [4.69, 9.17) is 0 Å². The summed E-state index contributed by atoms with van der Waals surface area (Å²) in [5, 5.41) is 6.68. The van der Waals surface area contributed by atoms with Crippen LogP contribution in [-0.4, -0.2) is 24.6 Å². The summed E-state index contributed by atoms with van der Waals surface area (Å²) >= 11 is 5.02. The number of anilines is 2. The van der Waals surface area contributed by atoms with Gasteiger partial charge in [-0.2, -0.15) is 11.8 Å². The molecular weight excluding hydrogens is 291 g/mol. The molecule has 0 saturated heterocycles. The van der Waals surface area contributed by atoms with Gasteiger partial charge in [-0.3, -0.25) is 0 Å². The molecule has 0 radical (unpaired) electrons. The zero-order chi connectivity index (χ0) is 11.5. The van der Waals surface area contributed by atoms with Crippen molar-refractivity contribution in [2.45, 2.75) is 12.5 Å². The molecule has 1 aromatic carbocycles. The maximum Gasteiger partial charge on any atom is 0.139 e. The van der Waals surface area contributed by atoms with Crippen molar-refractivity contribution >= 4 is 39.1 Å². The van der Waals surface area contributed by atoms with E-state index in [9.17, 15) is 4.39 Å². The maximum absolute atomic E-state index is 13.4. The van der Waals surface area contributed by atoms with Crippen molar-refractivity contribution in [3.63, 3.8) is 0 Å². The van der Waals surface area contributed by atoms with Crippen LogP contribution in [0.3, 0.4) is 0 Å². The van der Waals surface area contributed by atoms with Crippen molar-refractivity contribution in [2.24, 2.45) is 0 Å². The van der Waals surface area contributed by atoms with Crippen LogP contribution in [0.1, 0.15) is 6.42 Å². The molecule has 2 N–H and O–H groups in total. The smallest absolute Gasteiger partial charge is 0.139 e. The fraction of sp³-hybridized carbons (Fsp3) is 0.455. The van der Waals surface area contributed by atoms with Crippen LogP contribution in [0.4, 0.5) is 15.8 Å². The highest BCUT2D eigenvalue weighted by Crippen LogP contribution is 2.32. The highest BCUT2D eigenvalue weighted by Gasteiger charge is 2.18. The van der Waals surface area contributed by atoms with Crippen LogP contribution in [-0.2, 0) is 0 Å². The van der Waals surface area contributed by atoms with Gasteiger partial charge in [0.15, 0.2) is 0 Å². The van der Waals surface area contributed by atoms with E-state index < -0.39 is 0 Å². The van der Waals surface area contributed by atoms with Gasteiger partial charge in [0.05, 0.1) is 15.8 Å². The fourth-order valence-electron chi connectivity index (χ4n) is 1.75. The summed E-state index contributed by atoms with van der Waals surface area (Å²) in [5.41, 5.74) is 1.83. The summed E-state index contributed by atoms with van der Waals surface area (Å²) in [6, 6.07) is 3.71. The third kappa shape index (κ3) is 2.63. The van der Waals surface area contributed by atoms with Crippen molar-refractivity contribution in [3.8, 4) is 0 Å². The van der Waals surface area contributed by atoms with Crippen LogP contribution in [0, 0.1) is 5.82 Å². The van der Waals surface area contributed by atoms with Crippen LogP contribution in [0.15, 0.2) is 16.6 Å². The van der Waals surface area contributed by atoms with Gasteiger partial charge in [0.2, 0.25) is 0 Å². The molecule has 88 valence electrons. The molecule has 0 bridgehead atoms. The van der Waals surface area contributed by atoms with E-state index in [-0.39, 0.29) is 5.82 Å². The van der Waals surface area contributed by atoms with Gasteiger partial charge in [-0.05, 0) is 40.4 Å². The molecule has 0 aromatic heterocycles. The third-order valence-corrected chi connectivity index (χ3v) is 3.88. The molecule has 1 unspecified atom stereocenters. The maximum atomic E-state index is 13.4. The summed E-state index contributed by atoms with van der Waals surface area (Å²) in [6.07, 6.45) is 3.19. The summed E-state index contributed by atoms with van der Waals surface area (Å²) in [6.45, 7) is 0.894. The molecule has 0 saturated carbocycles. The van der Waals surface area contributed by atoms with Crippen molar-refractivity contribution < 1.29 is 4.39 Å². The first-order valence-electron chi connectivity index (χ1n) is 5.19. The molecule has 2 rings (SSSR count). The predicted octanol–water partition coefficient (Wildman–Crippen LogP) is 3.55. The molecule has 5 heteroatoms. The average Bonchev–Trinajstić information content (AvgIpc) is 2.28. The number of thioether (sulfide) groups is 1. The molecule has 1 atom stereocenters. The topological polar surface area (TPSA) is 24.1 Å². The lowest BCUT2D eigenvalue weighted by Gasteiger charge is -2.28. The van der Waals surface area contributed by atoms with E-state index in [1.54, 1.807) is 6.07 Å². The van der Waals surface area contributed by atoms with Gasteiger partial charge in [0.25, 0.3) is 0 Å². The van der Waals surface area contributed by atoms with Gasteiger partial charge in [0.1, 0.15) is 5.82 Å². The Bertz CT molecular complexity index is 386. The highest BCUT2D eigenvalue weighted by atomic mass is 79.9. The van der Waals surface area contributed by atoms with E-state index in [0.29, 0.717) is 10.5 Å². The van der Waals surface area contributed by atoms with Gasteiger partial charge in [-0.25, -0.2) is 4.39 Å². The largest absolute Gasteiger partial charge is 0.381 e. The molecular formula is C11H14BrFN2S. The van der Waals surface area contributed by atoms with Crippen LogP contribution < -0.4 is 10.6 Å². The second-order valence-electron chi connectivity index (χ2n) is 3.82. The average molecular weight is 305 g/mol. The molecule has 1 heterocycles. The first-order valence-corrected chi connectivity index (χ1v) is 7.38. The van der Waals surface area contributed by atoms with E-state index in [1.807, 2.05) is 11.8 Å². The fourth-order valence-corrected chi connectivity index (χ4v) is 2.61. The van der Waals surface area contributed by atoms with E-state index in [0.717, 1.165) is 30.1 Å². The van der Waals surface area contributed by atoms with Gasteiger partial charge in [-0.15, -0.1) is 0 Å². The molecule has 1 aliphatic rings. The molecule has 1 aromatic rings. The Hall–Kier alpha value is -0.420. The molecule has 1 aliphatic heterocycles. The first kappa shape index (κ1) is 12.0. The number of nitrogens with one attached hydrogen (secondary N) is 2. The minimum absolute atomic E-state index is 0.224. The lowest BCUT2D eigenvalue weighted by atomic mass is 10.1. The molecule has 2 nitrogen and oxygen atoms in total. The molecule has 16 heavy (non-hydrogen) atoms. The Kier molecular flexibility index (Phi) is 3.97. The van der Waals surface area contributed by atoms with Crippen LogP contribution in [0.2, 0.25) is 0 Å². The molecule has 0 fully saturated rings. The molecule has 0 amide bonds. The Morgan fingerprint density at radius 3 is 3.06 bits per heavy atom. The lowest BCUT2D eigenvalue weighted by Crippen LogP contribution is -2.33. The quantitative estimate of drug-likeness (QED) is 0.893. The van der Waals surface area contributed by atoms with Crippen LogP contribution in [0.25, 0.3) is 0 Å². The minimum atomic E-state index is -0.224. The van der Waals surface area contributed by atoms with Crippen molar-refractivity contribution in [1.82, 2.24) is 0 Å². The monoisotopic (exact) mass is 304 g/mol. The van der Waals surface area contributed by atoms with Gasteiger partial charge in [0, 0.05) is 18.7 Å². The van der Waals surface area contributed by atoms with E-state index in [2.05, 4.69) is 32.8 Å². The summed E-state index contributed by atoms with van der Waals surface area (Å²) < 4.78 is 13.9. The summed E-state index contributed by atoms with van der Waals surface area (Å²) in [5.74, 6) is 0.895. The van der Waals surface area contributed by atoms with Crippen molar-refractivity contribution in [1.29, 1.82) is 0 Å². The summed E-state index contributed by atoms with van der Waals surface area (Å²) in [7, 11) is 0. The Morgan fingerprint density at radius 1 is 1.50 bits per heavy atom. The number of hydrogen-bond acceptors (Lipinski definition) is 3. The Balaban J connectivity index is 2.11. The van der Waals surface area contributed by atoms with Crippen molar-refractivity contribution in [2.75, 3.05) is 29.2 Å². The van der Waals surface area contributed by atoms with E-state index in [1.165, 1.54) is 6.07 Å². The second kappa shape index (κ2) is 5.27. The van der Waals surface area contributed by atoms with Crippen molar-refractivity contribution in [3.05, 3.63) is 22.4 Å². The SMILES string of the molecule is CSCCC1CNc2cc(Br)c(F)cc2N1. The first-order chi connectivity index (χ1) is 7.70. The number of halogens is 2. The number of rotatable bonds is 3. The molecule has 0 spiro atoms. The van der Waals surface area contributed by atoms with Crippen LogP contribution in [0.5, 0.6) is 0 Å². The zero-order valence-electron chi connectivity index (χ0n) is 9.02.